The number of aromatic amines is 1. The SMILES string of the molecule is COc1ccc([C@H](CN)c2c[nH]c3ccccc23)cc1OC. The van der Waals surface area contributed by atoms with E-state index in [-0.39, 0.29) is 5.92 Å². The van der Waals surface area contributed by atoms with E-state index in [0.29, 0.717) is 6.54 Å². The van der Waals surface area contributed by atoms with Gasteiger partial charge in [-0.05, 0) is 29.3 Å². The standard InChI is InChI=1S/C18H20N2O2/c1-21-17-8-7-12(9-18(17)22-2)14(10-19)15-11-20-16-6-4-3-5-13(15)16/h3-9,11,14,20H,10,19H2,1-2H3/t14-/m0/s1. The van der Waals surface area contributed by atoms with Crippen molar-refractivity contribution in [2.24, 2.45) is 5.73 Å². The van der Waals surface area contributed by atoms with Gasteiger partial charge in [-0.1, -0.05) is 24.3 Å². The first kappa shape index (κ1) is 14.5. The number of fused-ring (bicyclic) bond motifs is 1. The van der Waals surface area contributed by atoms with E-state index in [9.17, 15) is 0 Å². The molecule has 0 aliphatic rings. The average molecular weight is 296 g/mol. The molecule has 3 N–H and O–H groups in total. The highest BCUT2D eigenvalue weighted by molar-refractivity contribution is 5.84. The van der Waals surface area contributed by atoms with Crippen LogP contribution in [0.2, 0.25) is 0 Å². The first-order valence-electron chi connectivity index (χ1n) is 7.26. The minimum atomic E-state index is 0.107. The van der Waals surface area contributed by atoms with Crippen LogP contribution in [-0.2, 0) is 0 Å². The third-order valence-electron chi connectivity index (χ3n) is 4.04. The quantitative estimate of drug-likeness (QED) is 0.759. The first-order valence-corrected chi connectivity index (χ1v) is 7.26. The van der Waals surface area contributed by atoms with E-state index in [1.54, 1.807) is 14.2 Å². The number of hydrogen-bond donors (Lipinski definition) is 2. The summed E-state index contributed by atoms with van der Waals surface area (Å²) in [6, 6.07) is 14.2. The van der Waals surface area contributed by atoms with Crippen LogP contribution in [0.25, 0.3) is 10.9 Å². The molecule has 4 heteroatoms. The Morgan fingerprint density at radius 3 is 2.55 bits per heavy atom. The van der Waals surface area contributed by atoms with Crippen LogP contribution in [0.1, 0.15) is 17.0 Å². The molecule has 0 fully saturated rings. The Bertz CT molecular complexity index is 780. The van der Waals surface area contributed by atoms with Crippen LogP contribution in [-0.4, -0.2) is 25.7 Å². The van der Waals surface area contributed by atoms with Gasteiger partial charge in [-0.3, -0.25) is 0 Å². The van der Waals surface area contributed by atoms with Gasteiger partial charge < -0.3 is 20.2 Å². The number of aromatic nitrogens is 1. The Labute approximate surface area is 129 Å². The highest BCUT2D eigenvalue weighted by Gasteiger charge is 2.18. The zero-order valence-electron chi connectivity index (χ0n) is 12.8. The van der Waals surface area contributed by atoms with E-state index in [0.717, 1.165) is 22.6 Å². The Hall–Kier alpha value is -2.46. The summed E-state index contributed by atoms with van der Waals surface area (Å²) >= 11 is 0. The smallest absolute Gasteiger partial charge is 0.161 e. The normalized spacial score (nSPS) is 12.3. The number of H-pyrrole nitrogens is 1. The van der Waals surface area contributed by atoms with Gasteiger partial charge >= 0.3 is 0 Å². The van der Waals surface area contributed by atoms with Crippen LogP contribution < -0.4 is 15.2 Å². The van der Waals surface area contributed by atoms with Crippen molar-refractivity contribution in [2.45, 2.75) is 5.92 Å². The fraction of sp³-hybridized carbons (Fsp3) is 0.222. The van der Waals surface area contributed by atoms with Crippen molar-refractivity contribution < 1.29 is 9.47 Å². The minimum absolute atomic E-state index is 0.107. The van der Waals surface area contributed by atoms with Crippen molar-refractivity contribution in [3.05, 3.63) is 59.8 Å². The van der Waals surface area contributed by atoms with Gasteiger partial charge in [-0.15, -0.1) is 0 Å². The monoisotopic (exact) mass is 296 g/mol. The van der Waals surface area contributed by atoms with Crippen molar-refractivity contribution >= 4 is 10.9 Å². The summed E-state index contributed by atoms with van der Waals surface area (Å²) in [5.41, 5.74) is 9.50. The van der Waals surface area contributed by atoms with E-state index < -0.39 is 0 Å². The van der Waals surface area contributed by atoms with Crippen LogP contribution in [0.3, 0.4) is 0 Å². The lowest BCUT2D eigenvalue weighted by Crippen LogP contribution is -2.13. The van der Waals surface area contributed by atoms with Gasteiger partial charge in [0, 0.05) is 29.6 Å². The molecule has 114 valence electrons. The van der Waals surface area contributed by atoms with Crippen molar-refractivity contribution in [1.82, 2.24) is 4.98 Å². The van der Waals surface area contributed by atoms with Crippen molar-refractivity contribution in [2.75, 3.05) is 20.8 Å². The zero-order chi connectivity index (χ0) is 15.5. The van der Waals surface area contributed by atoms with E-state index in [4.69, 9.17) is 15.2 Å². The highest BCUT2D eigenvalue weighted by Crippen LogP contribution is 2.35. The fourth-order valence-electron chi connectivity index (χ4n) is 2.89. The van der Waals surface area contributed by atoms with E-state index in [1.807, 2.05) is 36.5 Å². The Kier molecular flexibility index (Phi) is 4.02. The molecule has 0 aliphatic heterocycles. The number of rotatable bonds is 5. The summed E-state index contributed by atoms with van der Waals surface area (Å²) < 4.78 is 10.7. The zero-order valence-corrected chi connectivity index (χ0v) is 12.8. The molecular weight excluding hydrogens is 276 g/mol. The van der Waals surface area contributed by atoms with Crippen molar-refractivity contribution in [1.29, 1.82) is 0 Å². The van der Waals surface area contributed by atoms with Gasteiger partial charge in [-0.2, -0.15) is 0 Å². The summed E-state index contributed by atoms with van der Waals surface area (Å²) in [5, 5.41) is 1.20. The van der Waals surface area contributed by atoms with Crippen molar-refractivity contribution in [3.63, 3.8) is 0 Å². The van der Waals surface area contributed by atoms with Gasteiger partial charge in [0.1, 0.15) is 0 Å². The number of benzene rings is 2. The first-order chi connectivity index (χ1) is 10.8. The fourth-order valence-corrected chi connectivity index (χ4v) is 2.89. The Morgan fingerprint density at radius 2 is 1.82 bits per heavy atom. The van der Waals surface area contributed by atoms with E-state index in [1.165, 1.54) is 10.9 Å². The predicted octanol–water partition coefficient (Wildman–Crippen LogP) is 3.28. The summed E-state index contributed by atoms with van der Waals surface area (Å²) in [6.45, 7) is 0.525. The topological polar surface area (TPSA) is 60.3 Å². The number of nitrogens with one attached hydrogen (secondary N) is 1. The molecule has 0 bridgehead atoms. The predicted molar refractivity (Wildman–Crippen MR) is 88.7 cm³/mol. The second kappa shape index (κ2) is 6.12. The minimum Gasteiger partial charge on any atom is -0.493 e. The molecule has 0 aliphatic carbocycles. The van der Waals surface area contributed by atoms with Gasteiger partial charge in [0.15, 0.2) is 11.5 Å². The molecule has 0 unspecified atom stereocenters. The Morgan fingerprint density at radius 1 is 1.05 bits per heavy atom. The lowest BCUT2D eigenvalue weighted by atomic mass is 9.91. The maximum atomic E-state index is 6.06. The average Bonchev–Trinajstić information content (AvgIpc) is 2.99. The molecule has 1 aromatic heterocycles. The lowest BCUT2D eigenvalue weighted by molar-refractivity contribution is 0.354. The van der Waals surface area contributed by atoms with E-state index in [2.05, 4.69) is 17.1 Å². The molecule has 2 aromatic carbocycles. The van der Waals surface area contributed by atoms with Crippen LogP contribution >= 0.6 is 0 Å². The molecular formula is C18H20N2O2. The third-order valence-corrected chi connectivity index (χ3v) is 4.04. The molecule has 0 saturated heterocycles. The summed E-state index contributed by atoms with van der Waals surface area (Å²) in [6.07, 6.45) is 2.04. The molecule has 0 saturated carbocycles. The Balaban J connectivity index is 2.08. The number of nitrogens with two attached hydrogens (primary N) is 1. The van der Waals surface area contributed by atoms with Crippen LogP contribution in [0.5, 0.6) is 11.5 Å². The second-order valence-electron chi connectivity index (χ2n) is 5.19. The number of methoxy groups -OCH3 is 2. The lowest BCUT2D eigenvalue weighted by Gasteiger charge is -2.17. The van der Waals surface area contributed by atoms with E-state index >= 15 is 0 Å². The molecule has 1 atom stereocenters. The van der Waals surface area contributed by atoms with Crippen molar-refractivity contribution in [3.8, 4) is 11.5 Å². The molecule has 0 spiro atoms. The third kappa shape index (κ3) is 2.42. The van der Waals surface area contributed by atoms with Gasteiger partial charge in [-0.25, -0.2) is 0 Å². The van der Waals surface area contributed by atoms with Gasteiger partial charge in [0.25, 0.3) is 0 Å². The number of hydrogen-bond acceptors (Lipinski definition) is 3. The van der Waals surface area contributed by atoms with Gasteiger partial charge in [0.2, 0.25) is 0 Å². The summed E-state index contributed by atoms with van der Waals surface area (Å²) in [4.78, 5) is 3.31. The van der Waals surface area contributed by atoms with Crippen LogP contribution in [0.15, 0.2) is 48.7 Å². The van der Waals surface area contributed by atoms with Crippen LogP contribution in [0.4, 0.5) is 0 Å². The molecule has 0 radical (unpaired) electrons. The molecule has 3 aromatic rings. The molecule has 3 rings (SSSR count). The molecule has 1 heterocycles. The second-order valence-corrected chi connectivity index (χ2v) is 5.19. The van der Waals surface area contributed by atoms with Gasteiger partial charge in [0.05, 0.1) is 14.2 Å². The maximum absolute atomic E-state index is 6.06. The molecule has 0 amide bonds. The largest absolute Gasteiger partial charge is 0.493 e. The number of para-hydroxylation sites is 1. The summed E-state index contributed by atoms with van der Waals surface area (Å²) in [7, 11) is 3.28. The number of ether oxygens (including phenoxy) is 2. The molecule has 22 heavy (non-hydrogen) atoms. The summed E-state index contributed by atoms with van der Waals surface area (Å²) in [5.74, 6) is 1.55. The highest BCUT2D eigenvalue weighted by atomic mass is 16.5. The maximum Gasteiger partial charge on any atom is 0.161 e. The molecule has 4 nitrogen and oxygen atoms in total. The van der Waals surface area contributed by atoms with Crippen LogP contribution in [0, 0.1) is 0 Å².